The Labute approximate surface area is 109 Å². The summed E-state index contributed by atoms with van der Waals surface area (Å²) >= 11 is 0. The number of hydrogen-bond acceptors (Lipinski definition) is 2. The van der Waals surface area contributed by atoms with E-state index >= 15 is 0 Å². The Morgan fingerprint density at radius 2 is 2.28 bits per heavy atom. The summed E-state index contributed by atoms with van der Waals surface area (Å²) < 4.78 is 0. The molecule has 3 heteroatoms. The number of nitrogens with one attached hydrogen (secondary N) is 2. The Kier molecular flexibility index (Phi) is 4.37. The molecule has 1 aliphatic carbocycles. The van der Waals surface area contributed by atoms with Crippen molar-refractivity contribution in [3.05, 3.63) is 29.3 Å². The van der Waals surface area contributed by atoms with Crippen molar-refractivity contribution in [3.8, 4) is 0 Å². The van der Waals surface area contributed by atoms with Crippen molar-refractivity contribution < 1.29 is 4.79 Å². The van der Waals surface area contributed by atoms with Gasteiger partial charge in [0, 0.05) is 18.7 Å². The first-order valence-corrected chi connectivity index (χ1v) is 6.82. The van der Waals surface area contributed by atoms with E-state index in [1.54, 1.807) is 6.92 Å². The molecule has 2 N–H and O–H groups in total. The van der Waals surface area contributed by atoms with Crippen molar-refractivity contribution in [3.63, 3.8) is 0 Å². The van der Waals surface area contributed by atoms with E-state index in [2.05, 4.69) is 23.6 Å². The van der Waals surface area contributed by atoms with Crippen molar-refractivity contribution in [2.75, 3.05) is 11.9 Å². The summed E-state index contributed by atoms with van der Waals surface area (Å²) in [7, 11) is 0. The lowest BCUT2D eigenvalue weighted by Gasteiger charge is -2.27. The molecule has 0 heterocycles. The Balaban J connectivity index is 2.15. The normalized spacial score (nSPS) is 18.2. The van der Waals surface area contributed by atoms with Gasteiger partial charge in [0.15, 0.2) is 0 Å². The third-order valence-electron chi connectivity index (χ3n) is 3.48. The molecule has 98 valence electrons. The molecule has 18 heavy (non-hydrogen) atoms. The SMILES string of the molecule is CCCNC1CCc2cccc(NC(C)=O)c2C1. The minimum atomic E-state index is 0.00652. The molecule has 0 bridgehead atoms. The van der Waals surface area contributed by atoms with E-state index in [0.717, 1.165) is 31.5 Å². The maximum atomic E-state index is 11.2. The zero-order chi connectivity index (χ0) is 13.0. The van der Waals surface area contributed by atoms with E-state index in [9.17, 15) is 4.79 Å². The van der Waals surface area contributed by atoms with Crippen LogP contribution >= 0.6 is 0 Å². The highest BCUT2D eigenvalue weighted by molar-refractivity contribution is 5.89. The summed E-state index contributed by atoms with van der Waals surface area (Å²) in [6.45, 7) is 4.82. The third-order valence-corrected chi connectivity index (χ3v) is 3.48. The predicted molar refractivity (Wildman–Crippen MR) is 74.9 cm³/mol. The van der Waals surface area contributed by atoms with Crippen LogP contribution in [0.3, 0.4) is 0 Å². The largest absolute Gasteiger partial charge is 0.326 e. The number of benzene rings is 1. The fourth-order valence-electron chi connectivity index (χ4n) is 2.62. The second kappa shape index (κ2) is 6.01. The molecular weight excluding hydrogens is 224 g/mol. The minimum absolute atomic E-state index is 0.00652. The maximum Gasteiger partial charge on any atom is 0.221 e. The van der Waals surface area contributed by atoms with Crippen molar-refractivity contribution in [1.29, 1.82) is 0 Å². The number of hydrogen-bond donors (Lipinski definition) is 2. The molecule has 1 unspecified atom stereocenters. The Hall–Kier alpha value is -1.35. The van der Waals surface area contributed by atoms with Gasteiger partial charge in [-0.15, -0.1) is 0 Å². The van der Waals surface area contributed by atoms with E-state index in [1.165, 1.54) is 17.5 Å². The molecule has 1 aliphatic rings. The van der Waals surface area contributed by atoms with Gasteiger partial charge in [0.1, 0.15) is 0 Å². The van der Waals surface area contributed by atoms with Crippen LogP contribution in [0, 0.1) is 0 Å². The molecular formula is C15H22N2O. The van der Waals surface area contributed by atoms with Gasteiger partial charge in [-0.05, 0) is 49.4 Å². The molecule has 2 rings (SSSR count). The van der Waals surface area contributed by atoms with Crippen molar-refractivity contribution in [1.82, 2.24) is 5.32 Å². The number of carbonyl (C=O) groups is 1. The third kappa shape index (κ3) is 3.10. The molecule has 1 aromatic carbocycles. The van der Waals surface area contributed by atoms with Gasteiger partial charge in [0.25, 0.3) is 0 Å². The smallest absolute Gasteiger partial charge is 0.221 e. The first kappa shape index (κ1) is 13.1. The molecule has 0 fully saturated rings. The van der Waals surface area contributed by atoms with Gasteiger partial charge in [-0.1, -0.05) is 19.1 Å². The number of rotatable bonds is 4. The van der Waals surface area contributed by atoms with Crippen LogP contribution in [0.5, 0.6) is 0 Å². The lowest BCUT2D eigenvalue weighted by Crippen LogP contribution is -2.35. The van der Waals surface area contributed by atoms with Crippen LogP contribution in [0.25, 0.3) is 0 Å². The van der Waals surface area contributed by atoms with E-state index < -0.39 is 0 Å². The lowest BCUT2D eigenvalue weighted by molar-refractivity contribution is -0.114. The van der Waals surface area contributed by atoms with Gasteiger partial charge in [-0.2, -0.15) is 0 Å². The van der Waals surface area contributed by atoms with Crippen LogP contribution in [0.1, 0.15) is 37.8 Å². The van der Waals surface area contributed by atoms with Gasteiger partial charge in [-0.3, -0.25) is 4.79 Å². The van der Waals surface area contributed by atoms with Gasteiger partial charge < -0.3 is 10.6 Å². The highest BCUT2D eigenvalue weighted by Gasteiger charge is 2.20. The van der Waals surface area contributed by atoms with E-state index in [4.69, 9.17) is 0 Å². The van der Waals surface area contributed by atoms with E-state index in [1.807, 2.05) is 12.1 Å². The molecule has 0 aliphatic heterocycles. The average Bonchev–Trinajstić information content (AvgIpc) is 2.36. The molecule has 0 saturated carbocycles. The van der Waals surface area contributed by atoms with E-state index in [0.29, 0.717) is 6.04 Å². The molecule has 0 aromatic heterocycles. The zero-order valence-corrected chi connectivity index (χ0v) is 11.3. The Morgan fingerprint density at radius 1 is 1.44 bits per heavy atom. The van der Waals surface area contributed by atoms with Crippen LogP contribution < -0.4 is 10.6 Å². The second-order valence-corrected chi connectivity index (χ2v) is 5.02. The molecule has 1 amide bonds. The fourth-order valence-corrected chi connectivity index (χ4v) is 2.62. The first-order valence-electron chi connectivity index (χ1n) is 6.82. The summed E-state index contributed by atoms with van der Waals surface area (Å²) in [5.74, 6) is 0.00652. The lowest BCUT2D eigenvalue weighted by atomic mass is 9.87. The van der Waals surface area contributed by atoms with Gasteiger partial charge >= 0.3 is 0 Å². The van der Waals surface area contributed by atoms with Crippen LogP contribution in [0.4, 0.5) is 5.69 Å². The minimum Gasteiger partial charge on any atom is -0.326 e. The number of amides is 1. The molecule has 3 nitrogen and oxygen atoms in total. The number of fused-ring (bicyclic) bond motifs is 1. The predicted octanol–water partition coefficient (Wildman–Crippen LogP) is 2.50. The summed E-state index contributed by atoms with van der Waals surface area (Å²) in [6.07, 6.45) is 4.48. The highest BCUT2D eigenvalue weighted by Crippen LogP contribution is 2.28. The summed E-state index contributed by atoms with van der Waals surface area (Å²) in [5.41, 5.74) is 3.69. The number of aryl methyl sites for hydroxylation is 1. The van der Waals surface area contributed by atoms with Crippen molar-refractivity contribution in [2.45, 2.75) is 45.6 Å². The quantitative estimate of drug-likeness (QED) is 0.857. The van der Waals surface area contributed by atoms with Crippen LogP contribution in [0.15, 0.2) is 18.2 Å². The monoisotopic (exact) mass is 246 g/mol. The van der Waals surface area contributed by atoms with Crippen LogP contribution in [-0.2, 0) is 17.6 Å². The fraction of sp³-hybridized carbons (Fsp3) is 0.533. The molecule has 0 spiro atoms. The molecule has 1 atom stereocenters. The summed E-state index contributed by atoms with van der Waals surface area (Å²) in [4.78, 5) is 11.2. The van der Waals surface area contributed by atoms with Crippen LogP contribution in [-0.4, -0.2) is 18.5 Å². The van der Waals surface area contributed by atoms with Crippen molar-refractivity contribution >= 4 is 11.6 Å². The average molecular weight is 246 g/mol. The van der Waals surface area contributed by atoms with E-state index in [-0.39, 0.29) is 5.91 Å². The number of carbonyl (C=O) groups excluding carboxylic acids is 1. The molecule has 0 saturated heterocycles. The zero-order valence-electron chi connectivity index (χ0n) is 11.3. The Morgan fingerprint density at radius 3 is 3.00 bits per heavy atom. The Bertz CT molecular complexity index is 429. The first-order chi connectivity index (χ1) is 8.70. The maximum absolute atomic E-state index is 11.2. The molecule has 1 aromatic rings. The van der Waals surface area contributed by atoms with Crippen LogP contribution in [0.2, 0.25) is 0 Å². The van der Waals surface area contributed by atoms with Gasteiger partial charge in [0.2, 0.25) is 5.91 Å². The second-order valence-electron chi connectivity index (χ2n) is 5.02. The standard InChI is InChI=1S/C15H22N2O/c1-3-9-16-13-8-7-12-5-4-6-15(14(12)10-13)17-11(2)18/h4-6,13,16H,3,7-10H2,1-2H3,(H,17,18). The summed E-state index contributed by atoms with van der Waals surface area (Å²) in [6, 6.07) is 6.76. The van der Waals surface area contributed by atoms with Gasteiger partial charge in [0.05, 0.1) is 0 Å². The topological polar surface area (TPSA) is 41.1 Å². The summed E-state index contributed by atoms with van der Waals surface area (Å²) in [5, 5.41) is 6.52. The molecule has 0 radical (unpaired) electrons. The van der Waals surface area contributed by atoms with Gasteiger partial charge in [-0.25, -0.2) is 0 Å². The number of anilines is 1. The highest BCUT2D eigenvalue weighted by atomic mass is 16.1. The van der Waals surface area contributed by atoms with Crippen molar-refractivity contribution in [2.24, 2.45) is 0 Å².